The van der Waals surface area contributed by atoms with Gasteiger partial charge in [-0.15, -0.1) is 0 Å². The lowest BCUT2D eigenvalue weighted by atomic mass is 9.91. The van der Waals surface area contributed by atoms with E-state index in [-0.39, 0.29) is 6.04 Å². The number of halogens is 1. The molecule has 0 bridgehead atoms. The number of nitrogens with zero attached hydrogens (tertiary/aromatic N) is 3. The molecule has 0 aromatic heterocycles. The molecule has 1 fully saturated rings. The van der Waals surface area contributed by atoms with E-state index < -0.39 is 0 Å². The van der Waals surface area contributed by atoms with Crippen molar-refractivity contribution in [2.24, 2.45) is 11.8 Å². The molecule has 2 rings (SSSR count). The second kappa shape index (κ2) is 18.6. The van der Waals surface area contributed by atoms with Crippen molar-refractivity contribution in [1.82, 2.24) is 9.80 Å². The summed E-state index contributed by atoms with van der Waals surface area (Å²) in [6.45, 7) is 17.6. The predicted molar refractivity (Wildman–Crippen MR) is 164 cm³/mol. The van der Waals surface area contributed by atoms with Gasteiger partial charge in [0.25, 0.3) is 0 Å². The molecule has 1 heterocycles. The second-order valence-electron chi connectivity index (χ2n) is 10.3. The van der Waals surface area contributed by atoms with Gasteiger partial charge in [0, 0.05) is 54.4 Å². The molecule has 0 spiro atoms. The summed E-state index contributed by atoms with van der Waals surface area (Å²) in [5.41, 5.74) is 3.37. The highest BCUT2D eigenvalue weighted by atomic mass is 35.5. The molecule has 1 saturated heterocycles. The van der Waals surface area contributed by atoms with Gasteiger partial charge in [0.1, 0.15) is 6.29 Å². The van der Waals surface area contributed by atoms with Gasteiger partial charge < -0.3 is 9.80 Å². The molecular weight excluding hydrogens is 478 g/mol. The van der Waals surface area contributed by atoms with Crippen LogP contribution in [-0.2, 0) is 6.42 Å². The summed E-state index contributed by atoms with van der Waals surface area (Å²) in [7, 11) is 4.27. The van der Waals surface area contributed by atoms with E-state index in [1.165, 1.54) is 30.5 Å². The van der Waals surface area contributed by atoms with Gasteiger partial charge in [-0.1, -0.05) is 88.9 Å². The summed E-state index contributed by atoms with van der Waals surface area (Å²) in [6, 6.07) is 6.56. The summed E-state index contributed by atoms with van der Waals surface area (Å²) in [5, 5.41) is 0.851. The lowest BCUT2D eigenvalue weighted by molar-refractivity contribution is 0.112. The number of benzene rings is 1. The van der Waals surface area contributed by atoms with Gasteiger partial charge in [0.05, 0.1) is 0 Å². The molecule has 3 unspecified atom stereocenters. The van der Waals surface area contributed by atoms with Crippen LogP contribution in [0.3, 0.4) is 0 Å². The van der Waals surface area contributed by atoms with Crippen molar-refractivity contribution in [2.45, 2.75) is 79.7 Å². The quantitative estimate of drug-likeness (QED) is 0.193. The molecule has 0 amide bonds. The fourth-order valence-corrected chi connectivity index (χ4v) is 5.50. The maximum Gasteiger partial charge on any atom is 0.150 e. The first kappa shape index (κ1) is 33.4. The zero-order chi connectivity index (χ0) is 27.8. The fourth-order valence-electron chi connectivity index (χ4n) is 5.37. The van der Waals surface area contributed by atoms with Crippen LogP contribution in [0.2, 0.25) is 0 Å². The standard InChI is InChI=1S/C30H48ClN3O.C2H6/c1-7-11-25(9-3)20-27-14-13-26(23-35)21-30(27)34-18-17-33(16-10-15-32(5)6)29(19-24(4)31)28(22-34)12-8-2;1-2/h8,12-14,19,21,23,25,28-29H,7,9-11,15-18,20,22H2,1-6H3;1-2H3/b12-8-,24-19+;. The van der Waals surface area contributed by atoms with Gasteiger partial charge in [-0.25, -0.2) is 0 Å². The van der Waals surface area contributed by atoms with E-state index >= 15 is 0 Å². The van der Waals surface area contributed by atoms with E-state index in [1.54, 1.807) is 0 Å². The Morgan fingerprint density at radius 2 is 1.95 bits per heavy atom. The summed E-state index contributed by atoms with van der Waals surface area (Å²) < 4.78 is 0. The Labute approximate surface area is 233 Å². The van der Waals surface area contributed by atoms with E-state index in [1.807, 2.05) is 26.8 Å². The van der Waals surface area contributed by atoms with E-state index in [2.05, 4.69) is 79.9 Å². The molecule has 1 aliphatic rings. The van der Waals surface area contributed by atoms with Gasteiger partial charge in [0.2, 0.25) is 0 Å². The maximum absolute atomic E-state index is 11.7. The Morgan fingerprint density at radius 1 is 1.22 bits per heavy atom. The van der Waals surface area contributed by atoms with Crippen LogP contribution in [0.4, 0.5) is 5.69 Å². The van der Waals surface area contributed by atoms with Crippen molar-refractivity contribution in [3.05, 3.63) is 52.6 Å². The molecular formula is C32H54ClN3O. The molecule has 1 aliphatic heterocycles. The molecule has 4 nitrogen and oxygen atoms in total. The van der Waals surface area contributed by atoms with E-state index in [4.69, 9.17) is 11.6 Å². The smallest absolute Gasteiger partial charge is 0.150 e. The molecule has 3 atom stereocenters. The average Bonchev–Trinajstić information content (AvgIpc) is 3.04. The first-order chi connectivity index (χ1) is 17.8. The summed E-state index contributed by atoms with van der Waals surface area (Å²) in [4.78, 5) is 19.1. The topological polar surface area (TPSA) is 26.8 Å². The van der Waals surface area contributed by atoms with Crippen LogP contribution in [0.1, 0.15) is 83.1 Å². The number of allylic oxidation sites excluding steroid dienone is 2. The molecule has 210 valence electrons. The first-order valence-corrected chi connectivity index (χ1v) is 14.9. The van der Waals surface area contributed by atoms with Gasteiger partial charge in [-0.3, -0.25) is 9.69 Å². The lowest BCUT2D eigenvalue weighted by Crippen LogP contribution is -2.40. The normalized spacial score (nSPS) is 20.1. The third kappa shape index (κ3) is 11.3. The number of hydrogen-bond acceptors (Lipinski definition) is 4. The molecule has 0 N–H and O–H groups in total. The van der Waals surface area contributed by atoms with Crippen LogP contribution in [0.5, 0.6) is 0 Å². The highest BCUT2D eigenvalue weighted by Gasteiger charge is 2.30. The zero-order valence-electron chi connectivity index (χ0n) is 25.0. The Morgan fingerprint density at radius 3 is 2.51 bits per heavy atom. The average molecular weight is 532 g/mol. The number of hydrogen-bond donors (Lipinski definition) is 0. The van der Waals surface area contributed by atoms with Crippen LogP contribution in [0.15, 0.2) is 41.5 Å². The van der Waals surface area contributed by atoms with Gasteiger partial charge >= 0.3 is 0 Å². The molecule has 5 heteroatoms. The van der Waals surface area contributed by atoms with Crippen molar-refractivity contribution in [1.29, 1.82) is 0 Å². The maximum atomic E-state index is 11.7. The monoisotopic (exact) mass is 531 g/mol. The minimum absolute atomic E-state index is 0.261. The van der Waals surface area contributed by atoms with Gasteiger partial charge in [-0.05, 0) is 64.9 Å². The Hall–Kier alpha value is -1.62. The van der Waals surface area contributed by atoms with E-state index in [9.17, 15) is 4.79 Å². The number of aldehydes is 1. The SMILES string of the molecule is C/C=C\C1CN(c2cc(C=O)ccc2CC(CC)CCC)CCN(CCCN(C)C)C1/C=C(\C)Cl.CC. The van der Waals surface area contributed by atoms with Crippen LogP contribution in [0, 0.1) is 11.8 Å². The third-order valence-corrected chi connectivity index (χ3v) is 7.33. The highest BCUT2D eigenvalue weighted by molar-refractivity contribution is 6.29. The largest absolute Gasteiger partial charge is 0.369 e. The van der Waals surface area contributed by atoms with Crippen LogP contribution < -0.4 is 4.90 Å². The van der Waals surface area contributed by atoms with Crippen molar-refractivity contribution >= 4 is 23.6 Å². The predicted octanol–water partition coefficient (Wildman–Crippen LogP) is 7.67. The van der Waals surface area contributed by atoms with Crippen molar-refractivity contribution in [3.63, 3.8) is 0 Å². The van der Waals surface area contributed by atoms with Crippen LogP contribution in [0.25, 0.3) is 0 Å². The van der Waals surface area contributed by atoms with E-state index in [0.717, 1.165) is 62.4 Å². The Bertz CT molecular complexity index is 831. The third-order valence-electron chi connectivity index (χ3n) is 7.21. The summed E-state index contributed by atoms with van der Waals surface area (Å²) in [5.74, 6) is 0.997. The highest BCUT2D eigenvalue weighted by Crippen LogP contribution is 2.31. The summed E-state index contributed by atoms with van der Waals surface area (Å²) >= 11 is 6.45. The van der Waals surface area contributed by atoms with E-state index in [0.29, 0.717) is 11.8 Å². The van der Waals surface area contributed by atoms with Crippen molar-refractivity contribution < 1.29 is 4.79 Å². The number of rotatable bonds is 13. The molecule has 37 heavy (non-hydrogen) atoms. The van der Waals surface area contributed by atoms with Gasteiger partial charge in [-0.2, -0.15) is 0 Å². The molecule has 1 aromatic carbocycles. The molecule has 1 aromatic rings. The van der Waals surface area contributed by atoms with Crippen LogP contribution in [-0.4, -0.2) is 68.9 Å². The van der Waals surface area contributed by atoms with Crippen molar-refractivity contribution in [2.75, 3.05) is 51.7 Å². The number of carbonyl (C=O) groups is 1. The Balaban J connectivity index is 0.00000334. The van der Waals surface area contributed by atoms with Crippen LogP contribution >= 0.6 is 11.6 Å². The number of anilines is 1. The molecule has 0 radical (unpaired) electrons. The fraction of sp³-hybridized carbons (Fsp3) is 0.656. The summed E-state index contributed by atoms with van der Waals surface area (Å²) in [6.07, 6.45) is 13.6. The molecule has 0 aliphatic carbocycles. The minimum atomic E-state index is 0.261. The second-order valence-corrected chi connectivity index (χ2v) is 10.9. The first-order valence-electron chi connectivity index (χ1n) is 14.5. The zero-order valence-corrected chi connectivity index (χ0v) is 25.7. The minimum Gasteiger partial charge on any atom is -0.369 e. The Kier molecular flexibility index (Phi) is 16.8. The lowest BCUT2D eigenvalue weighted by Gasteiger charge is -2.32. The number of carbonyl (C=O) groups excluding carboxylic acids is 1. The molecule has 0 saturated carbocycles. The van der Waals surface area contributed by atoms with Crippen molar-refractivity contribution in [3.8, 4) is 0 Å². The van der Waals surface area contributed by atoms with Gasteiger partial charge in [0.15, 0.2) is 0 Å².